The minimum atomic E-state index is -0.634. The van der Waals surface area contributed by atoms with Crippen LogP contribution in [0.25, 0.3) is 0 Å². The fourth-order valence-corrected chi connectivity index (χ4v) is 6.09. The fraction of sp³-hybridized carbons (Fsp3) is 1.00. The van der Waals surface area contributed by atoms with Crippen molar-refractivity contribution in [2.45, 2.75) is 19.8 Å². The molecule has 1 aliphatic heterocycles. The van der Waals surface area contributed by atoms with E-state index in [1.54, 1.807) is 0 Å². The van der Waals surface area contributed by atoms with Gasteiger partial charge in [-0.05, 0) is 12.8 Å². The van der Waals surface area contributed by atoms with Gasteiger partial charge in [0.05, 0.1) is 25.6 Å². The third-order valence-corrected chi connectivity index (χ3v) is 6.90. The average molecular weight is 204 g/mol. The summed E-state index contributed by atoms with van der Waals surface area (Å²) in [4.78, 5) is 2.45. The summed E-state index contributed by atoms with van der Waals surface area (Å²) in [6.07, 6.45) is 6.89. The molecule has 1 rings (SSSR count). The van der Waals surface area contributed by atoms with E-state index < -0.39 is 7.26 Å². The van der Waals surface area contributed by atoms with Gasteiger partial charge in [0.1, 0.15) is 6.29 Å². The highest BCUT2D eigenvalue weighted by Crippen LogP contribution is 2.58. The van der Waals surface area contributed by atoms with Crippen molar-refractivity contribution in [2.75, 3.05) is 45.0 Å². The lowest BCUT2D eigenvalue weighted by molar-refractivity contribution is 0.211. The van der Waals surface area contributed by atoms with Crippen LogP contribution < -0.4 is 0 Å². The van der Waals surface area contributed by atoms with E-state index in [0.29, 0.717) is 6.61 Å². The molecular formula is C10H23NOP+. The first-order valence-corrected chi connectivity index (χ1v) is 8.16. The van der Waals surface area contributed by atoms with Gasteiger partial charge in [0.25, 0.3) is 0 Å². The lowest BCUT2D eigenvalue weighted by Gasteiger charge is -2.34. The van der Waals surface area contributed by atoms with Crippen molar-refractivity contribution in [3.63, 3.8) is 0 Å². The standard InChI is InChI=1S/C10H23NOP/c1-3-8-13(2)9-4-5-11(10-13)6-7-12/h12H,3-10H2,1-2H3/q+1. The Kier molecular flexibility index (Phi) is 4.64. The van der Waals surface area contributed by atoms with Crippen LogP contribution in [0.5, 0.6) is 0 Å². The number of aliphatic hydroxyl groups is 1. The second-order valence-corrected chi connectivity index (χ2v) is 8.82. The van der Waals surface area contributed by atoms with Crippen LogP contribution >= 0.6 is 7.26 Å². The molecule has 1 heterocycles. The maximum Gasteiger partial charge on any atom is 0.111 e. The number of β-amino-alcohol motifs (C(OH)–C–C–N with tert-alkyl or cyclic N) is 1. The second kappa shape index (κ2) is 5.29. The van der Waals surface area contributed by atoms with E-state index >= 15 is 0 Å². The summed E-state index contributed by atoms with van der Waals surface area (Å²) in [6, 6.07) is 0. The van der Waals surface area contributed by atoms with Crippen molar-refractivity contribution < 1.29 is 5.11 Å². The van der Waals surface area contributed by atoms with Crippen LogP contribution in [-0.2, 0) is 0 Å². The van der Waals surface area contributed by atoms with Crippen molar-refractivity contribution in [2.24, 2.45) is 0 Å². The molecule has 0 aromatic rings. The lowest BCUT2D eigenvalue weighted by Crippen LogP contribution is -2.36. The van der Waals surface area contributed by atoms with Crippen molar-refractivity contribution in [1.29, 1.82) is 0 Å². The van der Waals surface area contributed by atoms with E-state index in [0.717, 1.165) is 6.54 Å². The summed E-state index contributed by atoms with van der Waals surface area (Å²) in [5, 5.41) is 8.89. The first kappa shape index (κ1) is 11.4. The Labute approximate surface area is 82.7 Å². The summed E-state index contributed by atoms with van der Waals surface area (Å²) < 4.78 is 0. The molecule has 1 saturated heterocycles. The van der Waals surface area contributed by atoms with Crippen LogP contribution in [0.2, 0.25) is 0 Å². The first-order chi connectivity index (χ1) is 6.20. The molecule has 1 aliphatic rings. The van der Waals surface area contributed by atoms with Crippen LogP contribution in [0.15, 0.2) is 0 Å². The van der Waals surface area contributed by atoms with Crippen LogP contribution in [0.1, 0.15) is 19.8 Å². The zero-order chi connectivity index (χ0) is 9.73. The summed E-state index contributed by atoms with van der Waals surface area (Å²) in [6.45, 7) is 7.21. The Balaban J connectivity index is 2.39. The van der Waals surface area contributed by atoms with Crippen LogP contribution in [0.3, 0.4) is 0 Å². The van der Waals surface area contributed by atoms with E-state index in [1.165, 1.54) is 38.0 Å². The normalized spacial score (nSPS) is 30.7. The molecule has 1 N–H and O–H groups in total. The third-order valence-electron chi connectivity index (χ3n) is 2.89. The van der Waals surface area contributed by atoms with Gasteiger partial charge in [-0.25, -0.2) is 0 Å². The molecule has 2 nitrogen and oxygen atoms in total. The molecular weight excluding hydrogens is 181 g/mol. The van der Waals surface area contributed by atoms with E-state index in [-0.39, 0.29) is 0 Å². The zero-order valence-electron chi connectivity index (χ0n) is 9.00. The minimum Gasteiger partial charge on any atom is -0.395 e. The highest BCUT2D eigenvalue weighted by Gasteiger charge is 2.35. The number of rotatable bonds is 4. The lowest BCUT2D eigenvalue weighted by atomic mass is 10.4. The number of aliphatic hydroxyl groups excluding tert-OH is 1. The molecule has 0 amide bonds. The van der Waals surface area contributed by atoms with E-state index in [4.69, 9.17) is 5.11 Å². The maximum absolute atomic E-state index is 8.89. The molecule has 1 atom stereocenters. The average Bonchev–Trinajstić information content (AvgIpc) is 2.04. The smallest absolute Gasteiger partial charge is 0.111 e. The summed E-state index contributed by atoms with van der Waals surface area (Å²) >= 11 is 0. The van der Waals surface area contributed by atoms with Gasteiger partial charge in [-0.1, -0.05) is 6.92 Å². The highest BCUT2D eigenvalue weighted by atomic mass is 31.2. The van der Waals surface area contributed by atoms with Gasteiger partial charge in [-0.15, -0.1) is 0 Å². The van der Waals surface area contributed by atoms with Crippen LogP contribution in [0.4, 0.5) is 0 Å². The quantitative estimate of drug-likeness (QED) is 0.704. The van der Waals surface area contributed by atoms with Gasteiger partial charge in [0, 0.05) is 20.4 Å². The van der Waals surface area contributed by atoms with Crippen molar-refractivity contribution in [3.8, 4) is 0 Å². The van der Waals surface area contributed by atoms with Gasteiger partial charge < -0.3 is 5.11 Å². The zero-order valence-corrected chi connectivity index (χ0v) is 9.89. The molecule has 0 radical (unpaired) electrons. The topological polar surface area (TPSA) is 23.5 Å². The Bertz CT molecular complexity index is 148. The number of hydrogen-bond acceptors (Lipinski definition) is 2. The molecule has 13 heavy (non-hydrogen) atoms. The highest BCUT2D eigenvalue weighted by molar-refractivity contribution is 7.75. The predicted molar refractivity (Wildman–Crippen MR) is 61.0 cm³/mol. The largest absolute Gasteiger partial charge is 0.395 e. The molecule has 0 aromatic carbocycles. The molecule has 78 valence electrons. The minimum absolute atomic E-state index is 0.326. The SMILES string of the molecule is CCC[P+]1(C)CCCN(CCO)C1. The predicted octanol–water partition coefficient (Wildman–Crippen LogP) is 1.70. The van der Waals surface area contributed by atoms with Gasteiger partial charge in [0.2, 0.25) is 0 Å². The number of nitrogens with zero attached hydrogens (tertiary/aromatic N) is 1. The van der Waals surface area contributed by atoms with Gasteiger partial charge in [0.15, 0.2) is 0 Å². The van der Waals surface area contributed by atoms with E-state index in [9.17, 15) is 0 Å². The summed E-state index contributed by atoms with van der Waals surface area (Å²) in [5.74, 6) is 0. The van der Waals surface area contributed by atoms with E-state index in [1.807, 2.05) is 0 Å². The molecule has 0 spiro atoms. The maximum atomic E-state index is 8.89. The monoisotopic (exact) mass is 204 g/mol. The fourth-order valence-electron chi connectivity index (χ4n) is 2.35. The molecule has 1 fully saturated rings. The van der Waals surface area contributed by atoms with Crippen molar-refractivity contribution >= 4 is 7.26 Å². The second-order valence-electron chi connectivity index (χ2n) is 4.40. The van der Waals surface area contributed by atoms with Crippen LogP contribution in [0, 0.1) is 0 Å². The van der Waals surface area contributed by atoms with Gasteiger partial charge >= 0.3 is 0 Å². The molecule has 0 aromatic heterocycles. The number of hydrogen-bond donors (Lipinski definition) is 1. The van der Waals surface area contributed by atoms with Crippen molar-refractivity contribution in [1.82, 2.24) is 4.90 Å². The Morgan fingerprint density at radius 1 is 1.46 bits per heavy atom. The Morgan fingerprint density at radius 2 is 2.23 bits per heavy atom. The molecule has 0 aliphatic carbocycles. The first-order valence-electron chi connectivity index (χ1n) is 5.37. The third kappa shape index (κ3) is 3.53. The summed E-state index contributed by atoms with van der Waals surface area (Å²) in [5.41, 5.74) is 0. The van der Waals surface area contributed by atoms with Gasteiger partial charge in [-0.3, -0.25) is 4.90 Å². The summed E-state index contributed by atoms with van der Waals surface area (Å²) in [7, 11) is -0.634. The molecule has 0 saturated carbocycles. The molecule has 1 unspecified atom stereocenters. The van der Waals surface area contributed by atoms with Crippen LogP contribution in [-0.4, -0.2) is 55.0 Å². The van der Waals surface area contributed by atoms with Crippen molar-refractivity contribution in [3.05, 3.63) is 0 Å². The Hall–Kier alpha value is 0.350. The Morgan fingerprint density at radius 3 is 2.85 bits per heavy atom. The van der Waals surface area contributed by atoms with E-state index in [2.05, 4.69) is 18.5 Å². The van der Waals surface area contributed by atoms with Gasteiger partial charge in [-0.2, -0.15) is 0 Å². The molecule has 0 bridgehead atoms. The molecule has 3 heteroatoms.